The lowest BCUT2D eigenvalue weighted by Gasteiger charge is -2.34. The van der Waals surface area contributed by atoms with Gasteiger partial charge in [-0.15, -0.1) is 0 Å². The number of hydrogen-bond acceptors (Lipinski definition) is 3. The third-order valence-electron chi connectivity index (χ3n) is 3.49. The van der Waals surface area contributed by atoms with Gasteiger partial charge in [-0.2, -0.15) is 0 Å². The molecule has 0 radical (unpaired) electrons. The molecule has 1 aliphatic heterocycles. The van der Waals surface area contributed by atoms with Gasteiger partial charge in [0.05, 0.1) is 25.4 Å². The summed E-state index contributed by atoms with van der Waals surface area (Å²) in [6, 6.07) is 9.84. The molecule has 0 aliphatic carbocycles. The smallest absolute Gasteiger partial charge is 0.0901 e. The fraction of sp³-hybridized carbons (Fsp3) is 0.571. The number of rotatable bonds is 5. The summed E-state index contributed by atoms with van der Waals surface area (Å²) in [4.78, 5) is 2.95. The fourth-order valence-corrected chi connectivity index (χ4v) is 2.35. The number of nitrogens with zero attached hydrogens (tertiary/aromatic N) is 3. The molecular weight excluding hydrogens is 242 g/mol. The van der Waals surface area contributed by atoms with Crippen LogP contribution in [0, 0.1) is 5.92 Å². The van der Waals surface area contributed by atoms with Gasteiger partial charge in [-0.1, -0.05) is 48.8 Å². The molecule has 0 aromatic heterocycles. The fourth-order valence-electron chi connectivity index (χ4n) is 2.35. The van der Waals surface area contributed by atoms with E-state index in [1.54, 1.807) is 0 Å². The van der Waals surface area contributed by atoms with Gasteiger partial charge in [-0.25, -0.2) is 0 Å². The average Bonchev–Trinajstić information content (AvgIpc) is 2.47. The summed E-state index contributed by atoms with van der Waals surface area (Å²) in [6.07, 6.45) is 0.768. The van der Waals surface area contributed by atoms with E-state index in [0.717, 1.165) is 12.0 Å². The van der Waals surface area contributed by atoms with E-state index in [1.807, 2.05) is 30.3 Å². The van der Waals surface area contributed by atoms with Crippen molar-refractivity contribution in [1.82, 2.24) is 0 Å². The van der Waals surface area contributed by atoms with E-state index >= 15 is 0 Å². The second-order valence-electron chi connectivity index (χ2n) is 4.74. The highest BCUT2D eigenvalue weighted by Crippen LogP contribution is 2.24. The predicted octanol–water partition coefficient (Wildman–Crippen LogP) is 3.31. The standard InChI is InChI=1S/C14H19N3O2/c1-2-12-9-18-10-13(14(12)16-17-15)19-8-11-6-4-3-5-7-11/h3-7,12-14H,2,8-10H2,1H3/t12-,13?,14+/m1/s1. The first-order valence-corrected chi connectivity index (χ1v) is 6.62. The zero-order valence-corrected chi connectivity index (χ0v) is 11.1. The first-order valence-electron chi connectivity index (χ1n) is 6.62. The Morgan fingerprint density at radius 3 is 2.84 bits per heavy atom. The Bertz CT molecular complexity index is 432. The third-order valence-corrected chi connectivity index (χ3v) is 3.49. The molecule has 5 nitrogen and oxygen atoms in total. The van der Waals surface area contributed by atoms with Crippen molar-refractivity contribution in [2.24, 2.45) is 11.0 Å². The van der Waals surface area contributed by atoms with Crippen LogP contribution in [-0.2, 0) is 16.1 Å². The predicted molar refractivity (Wildman–Crippen MR) is 72.6 cm³/mol. The van der Waals surface area contributed by atoms with E-state index < -0.39 is 0 Å². The summed E-state index contributed by atoms with van der Waals surface area (Å²) in [5.74, 6) is 0.241. The molecule has 19 heavy (non-hydrogen) atoms. The molecular formula is C14H19N3O2. The normalized spacial score (nSPS) is 26.7. The molecule has 0 N–H and O–H groups in total. The topological polar surface area (TPSA) is 67.2 Å². The largest absolute Gasteiger partial charge is 0.378 e. The van der Waals surface area contributed by atoms with Crippen LogP contribution in [-0.4, -0.2) is 25.4 Å². The highest BCUT2D eigenvalue weighted by Gasteiger charge is 2.33. The van der Waals surface area contributed by atoms with Crippen LogP contribution in [0.1, 0.15) is 18.9 Å². The molecule has 2 rings (SSSR count). The van der Waals surface area contributed by atoms with Crippen LogP contribution in [0.15, 0.2) is 35.4 Å². The van der Waals surface area contributed by atoms with Gasteiger partial charge in [0.1, 0.15) is 0 Å². The van der Waals surface area contributed by atoms with Crippen molar-refractivity contribution in [2.45, 2.75) is 32.1 Å². The zero-order valence-electron chi connectivity index (χ0n) is 11.1. The molecule has 0 saturated carbocycles. The summed E-state index contributed by atoms with van der Waals surface area (Å²) in [5, 5.41) is 3.91. The number of ether oxygens (including phenoxy) is 2. The molecule has 0 spiro atoms. The van der Waals surface area contributed by atoms with E-state index in [0.29, 0.717) is 19.8 Å². The van der Waals surface area contributed by atoms with E-state index in [4.69, 9.17) is 15.0 Å². The summed E-state index contributed by atoms with van der Waals surface area (Å²) in [6.45, 7) is 3.73. The van der Waals surface area contributed by atoms with Crippen LogP contribution >= 0.6 is 0 Å². The van der Waals surface area contributed by atoms with Crippen molar-refractivity contribution >= 4 is 0 Å². The lowest BCUT2D eigenvalue weighted by atomic mass is 9.92. The molecule has 1 fully saturated rings. The molecule has 0 amide bonds. The van der Waals surface area contributed by atoms with Crippen LogP contribution < -0.4 is 0 Å². The maximum Gasteiger partial charge on any atom is 0.0901 e. The van der Waals surface area contributed by atoms with Gasteiger partial charge >= 0.3 is 0 Å². The Morgan fingerprint density at radius 1 is 1.37 bits per heavy atom. The molecule has 0 bridgehead atoms. The number of hydrogen-bond donors (Lipinski definition) is 0. The Labute approximate surface area is 113 Å². The molecule has 1 unspecified atom stereocenters. The summed E-state index contributed by atoms with van der Waals surface area (Å²) < 4.78 is 11.4. The van der Waals surface area contributed by atoms with E-state index in [-0.39, 0.29) is 18.1 Å². The Hall–Kier alpha value is -1.55. The van der Waals surface area contributed by atoms with Crippen molar-refractivity contribution in [3.05, 3.63) is 46.3 Å². The molecule has 1 aromatic carbocycles. The quantitative estimate of drug-likeness (QED) is 0.463. The highest BCUT2D eigenvalue weighted by atomic mass is 16.5. The van der Waals surface area contributed by atoms with Crippen LogP contribution in [0.25, 0.3) is 10.4 Å². The molecule has 1 aliphatic rings. The van der Waals surface area contributed by atoms with Crippen LogP contribution in [0.5, 0.6) is 0 Å². The minimum Gasteiger partial charge on any atom is -0.378 e. The Kier molecular flexibility index (Phi) is 5.21. The maximum absolute atomic E-state index is 8.70. The zero-order chi connectivity index (χ0) is 13.5. The van der Waals surface area contributed by atoms with Crippen molar-refractivity contribution in [1.29, 1.82) is 0 Å². The van der Waals surface area contributed by atoms with Crippen molar-refractivity contribution in [2.75, 3.05) is 13.2 Å². The Morgan fingerprint density at radius 2 is 2.16 bits per heavy atom. The second kappa shape index (κ2) is 7.14. The minimum absolute atomic E-state index is 0.132. The van der Waals surface area contributed by atoms with Crippen molar-refractivity contribution in [3.8, 4) is 0 Å². The van der Waals surface area contributed by atoms with Gasteiger partial charge in [-0.3, -0.25) is 0 Å². The molecule has 102 valence electrons. The minimum atomic E-state index is -0.158. The van der Waals surface area contributed by atoms with Crippen LogP contribution in [0.2, 0.25) is 0 Å². The summed E-state index contributed by atoms with van der Waals surface area (Å²) in [5.41, 5.74) is 9.81. The first kappa shape index (κ1) is 13.9. The van der Waals surface area contributed by atoms with E-state index in [1.165, 1.54) is 0 Å². The van der Waals surface area contributed by atoms with Gasteiger partial charge < -0.3 is 9.47 Å². The van der Waals surface area contributed by atoms with Crippen LogP contribution in [0.4, 0.5) is 0 Å². The highest BCUT2D eigenvalue weighted by molar-refractivity contribution is 5.13. The van der Waals surface area contributed by atoms with Crippen molar-refractivity contribution < 1.29 is 9.47 Å². The number of azide groups is 1. The summed E-state index contributed by atoms with van der Waals surface area (Å²) in [7, 11) is 0. The number of benzene rings is 1. The molecule has 5 heteroatoms. The average molecular weight is 261 g/mol. The molecule has 1 saturated heterocycles. The van der Waals surface area contributed by atoms with Gasteiger partial charge in [0.15, 0.2) is 0 Å². The van der Waals surface area contributed by atoms with E-state index in [2.05, 4.69) is 16.9 Å². The first-order chi connectivity index (χ1) is 9.35. The molecule has 1 aromatic rings. The van der Waals surface area contributed by atoms with Crippen LogP contribution in [0.3, 0.4) is 0 Å². The van der Waals surface area contributed by atoms with Gasteiger partial charge in [0.25, 0.3) is 0 Å². The molecule has 1 heterocycles. The maximum atomic E-state index is 8.70. The SMILES string of the molecule is CC[C@@H]1COCC(OCc2ccccc2)[C@H]1N=[N+]=[N-]. The molecule has 3 atom stereocenters. The lowest BCUT2D eigenvalue weighted by molar-refractivity contribution is -0.0916. The lowest BCUT2D eigenvalue weighted by Crippen LogP contribution is -2.44. The monoisotopic (exact) mass is 261 g/mol. The van der Waals surface area contributed by atoms with Gasteiger partial charge in [0.2, 0.25) is 0 Å². The third kappa shape index (κ3) is 3.70. The second-order valence-corrected chi connectivity index (χ2v) is 4.74. The Balaban J connectivity index is 1.98. The van der Waals surface area contributed by atoms with Gasteiger partial charge in [0, 0.05) is 11.5 Å². The summed E-state index contributed by atoms with van der Waals surface area (Å²) >= 11 is 0. The van der Waals surface area contributed by atoms with Gasteiger partial charge in [-0.05, 0) is 17.0 Å². The van der Waals surface area contributed by atoms with Crippen molar-refractivity contribution in [3.63, 3.8) is 0 Å². The van der Waals surface area contributed by atoms with E-state index in [9.17, 15) is 0 Å².